The van der Waals surface area contributed by atoms with Crippen molar-refractivity contribution in [1.82, 2.24) is 0 Å². The smallest absolute Gasteiger partial charge is 0 e. The van der Waals surface area contributed by atoms with E-state index in [1.807, 2.05) is 0 Å². The van der Waals surface area contributed by atoms with Crippen molar-refractivity contribution in [2.45, 2.75) is 0 Å². The van der Waals surface area contributed by atoms with Gasteiger partial charge in [0.05, 0.1) is 0 Å². The summed E-state index contributed by atoms with van der Waals surface area (Å²) in [5.41, 5.74) is 0. The molecule has 0 fully saturated rings. The zero-order valence-corrected chi connectivity index (χ0v) is 7.99. The zero-order chi connectivity index (χ0) is 0. The monoisotopic (exact) mass is 167 g/mol. The molecule has 0 amide bonds. The Morgan fingerprint density at radius 3 is 1.00 bits per heavy atom. The van der Waals surface area contributed by atoms with Gasteiger partial charge in [-0.25, -0.2) is 0 Å². The van der Waals surface area contributed by atoms with Crippen molar-refractivity contribution in [1.29, 1.82) is 0 Å². The molecule has 2 N–H and O–H groups in total. The standard InChI is InChI=1S/FH.Fe.K.H2O.H2S/h1H;;;2*1H2. The summed E-state index contributed by atoms with van der Waals surface area (Å²) in [4.78, 5) is 0. The molecule has 0 atom stereocenters. The van der Waals surface area contributed by atoms with Crippen LogP contribution in [-0.2, 0) is 17.1 Å². The Labute approximate surface area is 90.3 Å². The summed E-state index contributed by atoms with van der Waals surface area (Å²) in [6, 6.07) is 0. The average molecular weight is 167 g/mol. The van der Waals surface area contributed by atoms with Crippen LogP contribution in [-0.4, -0.2) is 56.9 Å². The largest absolute Gasteiger partial charge is 0.412 e. The van der Waals surface area contributed by atoms with Crippen LogP contribution in [0.25, 0.3) is 0 Å². The van der Waals surface area contributed by atoms with E-state index in [2.05, 4.69) is 0 Å². The fourth-order valence-corrected chi connectivity index (χ4v) is 0. The molecule has 0 unspecified atom stereocenters. The first-order valence-electron chi connectivity index (χ1n) is 0. The Kier molecular flexibility index (Phi) is 342. The molecule has 0 aliphatic rings. The quantitative estimate of drug-likeness (QED) is 0.417. The normalized spacial score (nSPS) is 0. The summed E-state index contributed by atoms with van der Waals surface area (Å²) in [6.45, 7) is 0. The third-order valence-corrected chi connectivity index (χ3v) is 0. The van der Waals surface area contributed by atoms with Crippen LogP contribution < -0.4 is 0 Å². The van der Waals surface area contributed by atoms with Crippen LogP contribution in [0.4, 0.5) is 4.70 Å². The minimum absolute atomic E-state index is 0. The molecule has 0 saturated carbocycles. The fourth-order valence-electron chi connectivity index (χ4n) is 0. The first-order valence-corrected chi connectivity index (χ1v) is 0. The second-order valence-electron chi connectivity index (χ2n) is 0. The van der Waals surface area contributed by atoms with Crippen LogP contribution in [0.15, 0.2) is 0 Å². The van der Waals surface area contributed by atoms with Gasteiger partial charge in [0, 0.05) is 68.5 Å². The van der Waals surface area contributed by atoms with Crippen molar-refractivity contribution < 1.29 is 27.2 Å². The van der Waals surface area contributed by atoms with Gasteiger partial charge in [-0.3, -0.25) is 4.70 Å². The summed E-state index contributed by atoms with van der Waals surface area (Å²) in [6.07, 6.45) is 0. The van der Waals surface area contributed by atoms with E-state index in [0.717, 1.165) is 0 Å². The molecule has 0 saturated heterocycles. The summed E-state index contributed by atoms with van der Waals surface area (Å²) in [7, 11) is 0. The molecule has 33 valence electrons. The molecule has 0 heterocycles. The summed E-state index contributed by atoms with van der Waals surface area (Å²) < 4.78 is 0. The van der Waals surface area contributed by atoms with Gasteiger partial charge < -0.3 is 5.48 Å². The summed E-state index contributed by atoms with van der Waals surface area (Å²) in [5.74, 6) is 0. The maximum Gasteiger partial charge on any atom is 0 e. The molecule has 0 aromatic carbocycles. The molecule has 0 aliphatic carbocycles. The molecule has 0 spiro atoms. The average Bonchev–Trinajstić information content (AvgIpc) is 0. The van der Waals surface area contributed by atoms with Crippen molar-refractivity contribution in [2.75, 3.05) is 0 Å². The second-order valence-corrected chi connectivity index (χ2v) is 0. The third-order valence-electron chi connectivity index (χ3n) is 0. The summed E-state index contributed by atoms with van der Waals surface area (Å²) >= 11 is 0. The van der Waals surface area contributed by atoms with Crippen LogP contribution in [0.3, 0.4) is 0 Å². The van der Waals surface area contributed by atoms with Crippen molar-refractivity contribution >= 4 is 64.9 Å². The van der Waals surface area contributed by atoms with Crippen molar-refractivity contribution in [2.24, 2.45) is 0 Å². The maximum atomic E-state index is 0. The van der Waals surface area contributed by atoms with Gasteiger partial charge >= 0.3 is 0 Å². The van der Waals surface area contributed by atoms with Crippen molar-refractivity contribution in [3.8, 4) is 0 Å². The van der Waals surface area contributed by atoms with Gasteiger partial charge in [-0.15, -0.1) is 0 Å². The van der Waals surface area contributed by atoms with Gasteiger partial charge in [-0.05, 0) is 0 Å². The van der Waals surface area contributed by atoms with Gasteiger partial charge in [-0.2, -0.15) is 13.5 Å². The molecule has 0 aliphatic heterocycles. The van der Waals surface area contributed by atoms with Crippen LogP contribution in [0.2, 0.25) is 0 Å². The first kappa shape index (κ1) is 52.7. The van der Waals surface area contributed by atoms with Crippen LogP contribution in [0.5, 0.6) is 0 Å². The summed E-state index contributed by atoms with van der Waals surface area (Å²) in [5, 5.41) is 0. The molecular formula is H5FFeKOS. The second kappa shape index (κ2) is 32.4. The van der Waals surface area contributed by atoms with Crippen LogP contribution >= 0.6 is 13.5 Å². The first-order chi connectivity index (χ1) is 0. The third kappa shape index (κ3) is 21.5. The Hall–Kier alpha value is 2.40. The van der Waals surface area contributed by atoms with Crippen molar-refractivity contribution in [3.05, 3.63) is 0 Å². The topological polar surface area (TPSA) is 31.5 Å². The molecule has 5 heavy (non-hydrogen) atoms. The van der Waals surface area contributed by atoms with E-state index in [0.29, 0.717) is 0 Å². The van der Waals surface area contributed by atoms with E-state index < -0.39 is 0 Å². The van der Waals surface area contributed by atoms with Gasteiger partial charge in [0.15, 0.2) is 0 Å². The Balaban J connectivity index is 0. The molecule has 0 rings (SSSR count). The predicted octanol–water partition coefficient (Wildman–Crippen LogP) is -0.943. The minimum Gasteiger partial charge on any atom is -0.412 e. The Bertz CT molecular complexity index is 11.6. The van der Waals surface area contributed by atoms with Crippen molar-refractivity contribution in [3.63, 3.8) is 0 Å². The van der Waals surface area contributed by atoms with Crippen LogP contribution in [0.1, 0.15) is 0 Å². The van der Waals surface area contributed by atoms with E-state index in [1.54, 1.807) is 0 Å². The SMILES string of the molecule is F.O.S.[Fe].[K]. The van der Waals surface area contributed by atoms with E-state index in [4.69, 9.17) is 0 Å². The van der Waals surface area contributed by atoms with Gasteiger partial charge in [0.1, 0.15) is 0 Å². The number of hydrogen-bond acceptors (Lipinski definition) is 0. The maximum absolute atomic E-state index is 0. The Morgan fingerprint density at radius 2 is 1.00 bits per heavy atom. The molecule has 0 bridgehead atoms. The number of rotatable bonds is 0. The van der Waals surface area contributed by atoms with Gasteiger partial charge in [0.2, 0.25) is 0 Å². The fraction of sp³-hybridized carbons (Fsp3) is 0. The number of hydrogen-bond donors (Lipinski definition) is 0. The number of halogens is 1. The minimum atomic E-state index is 0. The predicted molar refractivity (Wildman–Crippen MR) is 22.3 cm³/mol. The van der Waals surface area contributed by atoms with E-state index in [-0.39, 0.29) is 92.1 Å². The Morgan fingerprint density at radius 1 is 1.00 bits per heavy atom. The van der Waals surface area contributed by atoms with E-state index >= 15 is 0 Å². The van der Waals surface area contributed by atoms with E-state index in [1.165, 1.54) is 0 Å². The zero-order valence-electron chi connectivity index (χ0n) is 2.76. The molecule has 5 heteroatoms. The molecule has 0 aromatic heterocycles. The van der Waals surface area contributed by atoms with Gasteiger partial charge in [0.25, 0.3) is 0 Å². The van der Waals surface area contributed by atoms with Gasteiger partial charge in [-0.1, -0.05) is 0 Å². The van der Waals surface area contributed by atoms with E-state index in [9.17, 15) is 0 Å². The molecular weight excluding hydrogens is 162 g/mol. The van der Waals surface area contributed by atoms with Crippen LogP contribution in [0, 0.1) is 0 Å². The molecule has 0 aromatic rings. The molecule has 1 nitrogen and oxygen atoms in total. The molecule has 1 radical (unpaired) electrons.